The first-order valence-corrected chi connectivity index (χ1v) is 8.12. The largest absolute Gasteiger partial charge is 0.479 e. The van der Waals surface area contributed by atoms with Crippen LogP contribution in [0.3, 0.4) is 0 Å². The van der Waals surface area contributed by atoms with Crippen LogP contribution in [0.25, 0.3) is 11.4 Å². The summed E-state index contributed by atoms with van der Waals surface area (Å²) in [7, 11) is 0. The van der Waals surface area contributed by atoms with Crippen molar-refractivity contribution in [1.29, 1.82) is 0 Å². The van der Waals surface area contributed by atoms with Gasteiger partial charge in [0.2, 0.25) is 0 Å². The van der Waals surface area contributed by atoms with E-state index in [9.17, 15) is 31.1 Å². The smallest absolute Gasteiger partial charge is 0.416 e. The van der Waals surface area contributed by atoms with Gasteiger partial charge in [0, 0.05) is 5.56 Å². The summed E-state index contributed by atoms with van der Waals surface area (Å²) < 4.78 is 87.8. The fourth-order valence-corrected chi connectivity index (χ4v) is 2.14. The van der Waals surface area contributed by atoms with Gasteiger partial charge in [-0.05, 0) is 39.0 Å². The highest BCUT2D eigenvalue weighted by molar-refractivity contribution is 5.71. The molecule has 0 amide bonds. The van der Waals surface area contributed by atoms with E-state index < -0.39 is 47.2 Å². The number of halogens is 6. The predicted octanol–water partition coefficient (Wildman–Crippen LogP) is 4.90. The molecule has 2 aromatic rings. The number of ether oxygens (including phenoxy) is 2. The minimum absolute atomic E-state index is 0.0115. The Hall–Kier alpha value is -2.85. The molecule has 158 valence electrons. The molecule has 0 saturated carbocycles. The summed E-state index contributed by atoms with van der Waals surface area (Å²) >= 11 is 0. The van der Waals surface area contributed by atoms with Crippen molar-refractivity contribution in [2.24, 2.45) is 0 Å². The zero-order valence-electron chi connectivity index (χ0n) is 15.5. The minimum atomic E-state index is -4.98. The molecule has 0 N–H and O–H groups in total. The van der Waals surface area contributed by atoms with Crippen LogP contribution in [0.4, 0.5) is 26.3 Å². The highest BCUT2D eigenvalue weighted by Gasteiger charge is 2.37. The number of carbonyl (C=O) groups excluding carboxylic acids is 1. The maximum atomic E-state index is 12.9. The molecule has 11 heteroatoms. The molecule has 1 aromatic carbocycles. The van der Waals surface area contributed by atoms with Crippen LogP contribution in [0.15, 0.2) is 30.6 Å². The summed E-state index contributed by atoms with van der Waals surface area (Å²) in [6.07, 6.45) is -7.90. The average Bonchev–Trinajstić information content (AvgIpc) is 2.57. The topological polar surface area (TPSA) is 61.3 Å². The van der Waals surface area contributed by atoms with Gasteiger partial charge >= 0.3 is 18.3 Å². The number of carbonyl (C=O) groups is 1. The third-order valence-corrected chi connectivity index (χ3v) is 3.25. The summed E-state index contributed by atoms with van der Waals surface area (Å²) in [4.78, 5) is 19.0. The number of nitrogens with zero attached hydrogens (tertiary/aromatic N) is 2. The maximum absolute atomic E-state index is 12.9. The van der Waals surface area contributed by atoms with Crippen molar-refractivity contribution in [3.05, 3.63) is 41.7 Å². The minimum Gasteiger partial charge on any atom is -0.479 e. The van der Waals surface area contributed by atoms with Crippen LogP contribution in [0, 0.1) is 0 Å². The normalized spacial score (nSPS) is 12.6. The number of alkyl halides is 6. The molecule has 0 aliphatic heterocycles. The summed E-state index contributed by atoms with van der Waals surface area (Å²) in [6, 6.07) is 1.05. The van der Waals surface area contributed by atoms with Crippen LogP contribution in [0.5, 0.6) is 5.75 Å². The van der Waals surface area contributed by atoms with Gasteiger partial charge in [-0.2, -0.15) is 26.3 Å². The lowest BCUT2D eigenvalue weighted by atomic mass is 10.0. The molecular formula is C18H16F6N2O3. The summed E-state index contributed by atoms with van der Waals surface area (Å²) in [5.74, 6) is -1.05. The molecule has 1 aromatic heterocycles. The van der Waals surface area contributed by atoms with Gasteiger partial charge in [-0.25, -0.2) is 14.8 Å². The molecule has 0 radical (unpaired) electrons. The third-order valence-electron chi connectivity index (χ3n) is 3.25. The molecule has 5 nitrogen and oxygen atoms in total. The monoisotopic (exact) mass is 422 g/mol. The van der Waals surface area contributed by atoms with Gasteiger partial charge < -0.3 is 9.47 Å². The zero-order valence-corrected chi connectivity index (χ0v) is 15.5. The SMILES string of the molecule is CC(C)(C)OC(=O)COc1cnc(-c2cc(C(F)(F)F)cc(C(F)(F)F)c2)nc1. The van der Waals surface area contributed by atoms with E-state index in [1.54, 1.807) is 20.8 Å². The number of aromatic nitrogens is 2. The first-order valence-electron chi connectivity index (χ1n) is 8.12. The van der Waals surface area contributed by atoms with E-state index in [0.29, 0.717) is 12.1 Å². The number of rotatable bonds is 4. The number of hydrogen-bond acceptors (Lipinski definition) is 5. The quantitative estimate of drug-likeness (QED) is 0.518. The van der Waals surface area contributed by atoms with Gasteiger partial charge in [0.25, 0.3) is 0 Å². The van der Waals surface area contributed by atoms with Crippen molar-refractivity contribution in [2.45, 2.75) is 38.7 Å². The number of hydrogen-bond donors (Lipinski definition) is 0. The van der Waals surface area contributed by atoms with E-state index in [-0.39, 0.29) is 17.6 Å². The van der Waals surface area contributed by atoms with E-state index in [0.717, 1.165) is 12.4 Å². The first kappa shape index (κ1) is 22.4. The molecule has 0 saturated heterocycles. The van der Waals surface area contributed by atoms with Crippen LogP contribution in [0.1, 0.15) is 31.9 Å². The Morgan fingerprint density at radius 2 is 1.38 bits per heavy atom. The van der Waals surface area contributed by atoms with Gasteiger partial charge in [0.05, 0.1) is 23.5 Å². The fraction of sp³-hybridized carbons (Fsp3) is 0.389. The molecule has 2 rings (SSSR count). The summed E-state index contributed by atoms with van der Waals surface area (Å²) in [5.41, 5.74) is -4.14. The second-order valence-corrected chi connectivity index (χ2v) is 6.91. The Kier molecular flexibility index (Phi) is 6.10. The standard InChI is InChI=1S/C18H16F6N2O3/c1-16(2,3)29-14(27)9-28-13-7-25-15(26-8-13)10-4-11(17(19,20)21)6-12(5-10)18(22,23)24/h4-8H,9H2,1-3H3. The van der Waals surface area contributed by atoms with E-state index in [1.807, 2.05) is 0 Å². The molecule has 0 bridgehead atoms. The zero-order chi connectivity index (χ0) is 22.0. The molecule has 0 unspecified atom stereocenters. The van der Waals surface area contributed by atoms with Crippen molar-refractivity contribution in [3.63, 3.8) is 0 Å². The van der Waals surface area contributed by atoms with Crippen molar-refractivity contribution < 1.29 is 40.6 Å². The second-order valence-electron chi connectivity index (χ2n) is 6.91. The highest BCUT2D eigenvalue weighted by atomic mass is 19.4. The summed E-state index contributed by atoms with van der Waals surface area (Å²) in [5, 5.41) is 0. The number of benzene rings is 1. The van der Waals surface area contributed by atoms with Crippen molar-refractivity contribution >= 4 is 5.97 Å². The molecule has 1 heterocycles. The van der Waals surface area contributed by atoms with Gasteiger partial charge in [0.15, 0.2) is 18.2 Å². The Labute approximate surface area is 161 Å². The third kappa shape index (κ3) is 6.61. The molecule has 0 spiro atoms. The lowest BCUT2D eigenvalue weighted by Gasteiger charge is -2.19. The van der Waals surface area contributed by atoms with Gasteiger partial charge in [-0.3, -0.25) is 0 Å². The molecule has 29 heavy (non-hydrogen) atoms. The first-order chi connectivity index (χ1) is 13.1. The van der Waals surface area contributed by atoms with Crippen LogP contribution < -0.4 is 4.74 Å². The lowest BCUT2D eigenvalue weighted by molar-refractivity contribution is -0.157. The van der Waals surface area contributed by atoms with E-state index in [2.05, 4.69) is 9.97 Å². The Morgan fingerprint density at radius 3 is 1.79 bits per heavy atom. The van der Waals surface area contributed by atoms with E-state index in [1.165, 1.54) is 0 Å². The Balaban J connectivity index is 2.24. The second kappa shape index (κ2) is 7.88. The van der Waals surface area contributed by atoms with E-state index >= 15 is 0 Å². The van der Waals surface area contributed by atoms with Crippen LogP contribution in [0.2, 0.25) is 0 Å². The van der Waals surface area contributed by atoms with Gasteiger partial charge in [-0.1, -0.05) is 0 Å². The van der Waals surface area contributed by atoms with Crippen molar-refractivity contribution in [1.82, 2.24) is 9.97 Å². The van der Waals surface area contributed by atoms with Crippen molar-refractivity contribution in [2.75, 3.05) is 6.61 Å². The maximum Gasteiger partial charge on any atom is 0.416 e. The molecule has 0 fully saturated rings. The fourth-order valence-electron chi connectivity index (χ4n) is 2.14. The number of esters is 1. The average molecular weight is 422 g/mol. The van der Waals surface area contributed by atoms with Crippen molar-refractivity contribution in [3.8, 4) is 17.1 Å². The predicted molar refractivity (Wildman–Crippen MR) is 88.8 cm³/mol. The Bertz CT molecular complexity index is 839. The molecule has 0 aliphatic rings. The summed E-state index contributed by atoms with van der Waals surface area (Å²) in [6.45, 7) is 4.51. The van der Waals surface area contributed by atoms with E-state index in [4.69, 9.17) is 9.47 Å². The van der Waals surface area contributed by atoms with Gasteiger partial charge in [-0.15, -0.1) is 0 Å². The van der Waals surface area contributed by atoms with Crippen LogP contribution in [-0.4, -0.2) is 28.1 Å². The van der Waals surface area contributed by atoms with Gasteiger partial charge in [0.1, 0.15) is 5.60 Å². The molecule has 0 atom stereocenters. The van der Waals surface area contributed by atoms with Crippen LogP contribution >= 0.6 is 0 Å². The molecular weight excluding hydrogens is 406 g/mol. The highest BCUT2D eigenvalue weighted by Crippen LogP contribution is 2.38. The Morgan fingerprint density at radius 1 is 0.897 bits per heavy atom. The molecule has 0 aliphatic carbocycles. The lowest BCUT2D eigenvalue weighted by Crippen LogP contribution is -2.27. The van der Waals surface area contributed by atoms with Crippen LogP contribution in [-0.2, 0) is 21.9 Å².